The number of nitrogens with one attached hydrogen (secondary N) is 1. The van der Waals surface area contributed by atoms with Crippen molar-refractivity contribution >= 4 is 51.2 Å². The van der Waals surface area contributed by atoms with E-state index in [4.69, 9.17) is 6.11 Å². The molecule has 0 spiro atoms. The summed E-state index contributed by atoms with van der Waals surface area (Å²) in [6.45, 7) is 7.14. The Morgan fingerprint density at radius 3 is 2.25 bits per heavy atom. The van der Waals surface area contributed by atoms with Crippen LogP contribution in [-0.4, -0.2) is 52.7 Å². The van der Waals surface area contributed by atoms with Gasteiger partial charge in [-0.3, -0.25) is 33.7 Å². The summed E-state index contributed by atoms with van der Waals surface area (Å²) in [5, 5.41) is 2.77. The van der Waals surface area contributed by atoms with E-state index in [1.54, 1.807) is 31.2 Å². The monoisotopic (exact) mass is 620 g/mol. The van der Waals surface area contributed by atoms with E-state index in [1.807, 2.05) is 13.8 Å². The van der Waals surface area contributed by atoms with Crippen molar-refractivity contribution in [2.45, 2.75) is 85.3 Å². The first-order chi connectivity index (χ1) is 19.3. The van der Waals surface area contributed by atoms with Crippen molar-refractivity contribution in [1.29, 1.82) is 0 Å². The molecule has 218 valence electrons. The topological polar surface area (TPSA) is 127 Å². The molecule has 1 aromatic rings. The number of unbranched alkanes of at least 4 members (excludes halogenated alkanes) is 2. The number of halogens is 1. The number of Topliss-reactive ketones (excluding diaryl/α,β-unsaturated/α-hetero) is 2. The highest BCUT2D eigenvalue weighted by Gasteiger charge is 2.29. The first kappa shape index (κ1) is 31.4. The van der Waals surface area contributed by atoms with Crippen LogP contribution in [0.1, 0.15) is 78.7 Å². The van der Waals surface area contributed by atoms with Crippen molar-refractivity contribution in [2.24, 2.45) is 11.8 Å². The van der Waals surface area contributed by atoms with Gasteiger partial charge in [0.2, 0.25) is 5.91 Å². The lowest BCUT2D eigenvalue weighted by atomic mass is 9.88. The molecular formula is C30H39BrN2O7. The highest BCUT2D eigenvalue weighted by atomic mass is 79.9. The molecule has 1 aliphatic rings. The Kier molecular flexibility index (Phi) is 12.7. The second-order valence-electron chi connectivity index (χ2n) is 10.3. The number of rotatable bonds is 17. The number of ether oxygens (including phenoxy) is 1. The molecule has 0 fully saturated rings. The van der Waals surface area contributed by atoms with Crippen LogP contribution in [0.5, 0.6) is 0 Å². The van der Waals surface area contributed by atoms with Crippen molar-refractivity contribution in [2.75, 3.05) is 6.54 Å². The molecule has 10 heteroatoms. The Morgan fingerprint density at radius 1 is 1.02 bits per heavy atom. The molecule has 1 aliphatic heterocycles. The van der Waals surface area contributed by atoms with Crippen molar-refractivity contribution in [3.8, 4) is 0 Å². The predicted molar refractivity (Wildman–Crippen MR) is 153 cm³/mol. The van der Waals surface area contributed by atoms with E-state index in [-0.39, 0.29) is 59.1 Å². The molecule has 0 radical (unpaired) electrons. The van der Waals surface area contributed by atoms with E-state index in [1.165, 1.54) is 17.9 Å². The molecule has 1 heterocycles. The summed E-state index contributed by atoms with van der Waals surface area (Å²) < 4.78 is 12.6. The second-order valence-corrected chi connectivity index (χ2v) is 11.1. The van der Waals surface area contributed by atoms with E-state index < -0.39 is 24.3 Å². The van der Waals surface area contributed by atoms with Crippen LogP contribution in [0.4, 0.5) is 0 Å². The number of hydrogen-bond acceptors (Lipinski definition) is 7. The smallest absolute Gasteiger partial charge is 0.305 e. The second kappa shape index (κ2) is 16.2. The van der Waals surface area contributed by atoms with Gasteiger partial charge in [0, 0.05) is 45.6 Å². The van der Waals surface area contributed by atoms with Gasteiger partial charge in [0.1, 0.15) is 12.4 Å². The maximum absolute atomic E-state index is 13.0. The molecule has 0 saturated carbocycles. The first-order valence-electron chi connectivity index (χ1n) is 14.1. The van der Waals surface area contributed by atoms with Crippen LogP contribution in [0.3, 0.4) is 0 Å². The zero-order valence-electron chi connectivity index (χ0n) is 24.5. The molecule has 1 aromatic carbocycles. The summed E-state index contributed by atoms with van der Waals surface area (Å²) in [5.41, 5.74) is 1.49. The van der Waals surface area contributed by atoms with Gasteiger partial charge >= 0.3 is 5.97 Å². The predicted octanol–water partition coefficient (Wildman–Crippen LogP) is 4.20. The van der Waals surface area contributed by atoms with Crippen LogP contribution in [0, 0.1) is 11.8 Å². The molecule has 1 N–H and O–H groups in total. The van der Waals surface area contributed by atoms with Gasteiger partial charge in [-0.05, 0) is 52.7 Å². The lowest BCUT2D eigenvalue weighted by molar-refractivity contribution is -0.144. The normalized spacial score (nSPS) is 15.8. The standard InChI is InChI=1S/C30H39BrN2O7/c1-5-28(37)40-18-22-12-10-21(11-13-22)15-26(35)20(4)32-29(38)24(19(2)3)16-23(34)9-7-6-8-14-33-27(36)17-25(31)30(33)39/h10-13,17,19-20,24H,5-9,14-16,18H2,1-4H3,(H,32,38)/t20-,24-/m0/s1/i5T/t5?,20-,24-. The van der Waals surface area contributed by atoms with Crippen molar-refractivity contribution in [3.63, 3.8) is 0 Å². The highest BCUT2D eigenvalue weighted by molar-refractivity contribution is 9.12. The minimum Gasteiger partial charge on any atom is -0.461 e. The average Bonchev–Trinajstić information content (AvgIpc) is 3.16. The van der Waals surface area contributed by atoms with Crippen LogP contribution in [-0.2, 0) is 46.5 Å². The summed E-state index contributed by atoms with van der Waals surface area (Å²) >= 11 is 3.06. The van der Waals surface area contributed by atoms with E-state index in [0.717, 1.165) is 11.1 Å². The van der Waals surface area contributed by atoms with Gasteiger partial charge in [-0.2, -0.15) is 0 Å². The zero-order chi connectivity index (χ0) is 30.7. The molecule has 3 atom stereocenters. The fourth-order valence-electron chi connectivity index (χ4n) is 4.18. The molecule has 0 aliphatic carbocycles. The fraction of sp³-hybridized carbons (Fsp3) is 0.533. The van der Waals surface area contributed by atoms with Gasteiger partial charge in [0.25, 0.3) is 11.8 Å². The van der Waals surface area contributed by atoms with Crippen molar-refractivity contribution < 1.29 is 34.9 Å². The van der Waals surface area contributed by atoms with Gasteiger partial charge < -0.3 is 10.1 Å². The third kappa shape index (κ3) is 10.4. The number of ketones is 2. The average molecular weight is 622 g/mol. The Balaban J connectivity index is 1.76. The van der Waals surface area contributed by atoms with Gasteiger partial charge in [-0.25, -0.2) is 0 Å². The number of imide groups is 1. The summed E-state index contributed by atoms with van der Waals surface area (Å²) in [4.78, 5) is 74.6. The Bertz CT molecular complexity index is 1160. The number of nitrogens with zero attached hydrogens (tertiary/aromatic N) is 1. The van der Waals surface area contributed by atoms with Crippen LogP contribution in [0.15, 0.2) is 34.8 Å². The first-order valence-corrected chi connectivity index (χ1v) is 14.3. The third-order valence-corrected chi connectivity index (χ3v) is 7.32. The Labute approximate surface area is 245 Å². The van der Waals surface area contributed by atoms with E-state index >= 15 is 0 Å². The maximum Gasteiger partial charge on any atom is 0.305 e. The molecule has 40 heavy (non-hydrogen) atoms. The summed E-state index contributed by atoms with van der Waals surface area (Å²) in [6.07, 6.45) is 2.64. The number of amides is 3. The van der Waals surface area contributed by atoms with Crippen LogP contribution in [0.25, 0.3) is 0 Å². The van der Waals surface area contributed by atoms with Crippen LogP contribution in [0.2, 0.25) is 0 Å². The van der Waals surface area contributed by atoms with E-state index in [2.05, 4.69) is 21.2 Å². The molecular weight excluding hydrogens is 580 g/mol. The molecule has 0 saturated heterocycles. The van der Waals surface area contributed by atoms with Gasteiger partial charge in [-0.15, -0.1) is 0 Å². The molecule has 0 bridgehead atoms. The SMILES string of the molecule is [3H]C(C)C(=O)OCc1ccc(CC(=O)[C@H](C)NC(=O)[C@@H](CC(=O)CCCCCN2C(=O)C=C(Br)C2=O)C(C)C)cc1. The quantitative estimate of drug-likeness (QED) is 0.157. The highest BCUT2D eigenvalue weighted by Crippen LogP contribution is 2.20. The largest absolute Gasteiger partial charge is 0.461 e. The van der Waals surface area contributed by atoms with Crippen LogP contribution < -0.4 is 5.32 Å². The Morgan fingerprint density at radius 2 is 1.68 bits per heavy atom. The lowest BCUT2D eigenvalue weighted by Crippen LogP contribution is -2.44. The summed E-state index contributed by atoms with van der Waals surface area (Å²) in [7, 11) is 0. The Hall–Kier alpha value is -3.14. The molecule has 1 unspecified atom stereocenters. The molecule has 0 aromatic heterocycles. The minimum atomic E-state index is -0.948. The minimum absolute atomic E-state index is 0.0430. The van der Waals surface area contributed by atoms with Gasteiger partial charge in [-0.1, -0.05) is 51.5 Å². The van der Waals surface area contributed by atoms with Crippen LogP contribution >= 0.6 is 15.9 Å². The number of carbonyl (C=O) groups is 6. The number of hydrogen-bond donors (Lipinski definition) is 1. The zero-order valence-corrected chi connectivity index (χ0v) is 25.1. The maximum atomic E-state index is 13.0. The number of esters is 1. The van der Waals surface area contributed by atoms with Crippen molar-refractivity contribution in [3.05, 3.63) is 46.0 Å². The molecule has 3 amide bonds. The van der Waals surface area contributed by atoms with E-state index in [9.17, 15) is 28.8 Å². The van der Waals surface area contributed by atoms with E-state index in [0.29, 0.717) is 32.2 Å². The molecule has 2 rings (SSSR count). The number of benzene rings is 1. The molecule has 9 nitrogen and oxygen atoms in total. The summed E-state index contributed by atoms with van der Waals surface area (Å²) in [6, 6.07) is 6.27. The summed E-state index contributed by atoms with van der Waals surface area (Å²) in [5.74, 6) is -2.51. The number of carbonyl (C=O) groups excluding carboxylic acids is 6. The fourth-order valence-corrected chi connectivity index (χ4v) is 4.59. The van der Waals surface area contributed by atoms with Gasteiger partial charge in [0.05, 0.1) is 10.5 Å². The lowest BCUT2D eigenvalue weighted by Gasteiger charge is -2.22. The third-order valence-electron chi connectivity index (χ3n) is 6.75. The van der Waals surface area contributed by atoms with Crippen molar-refractivity contribution in [1.82, 2.24) is 10.2 Å². The van der Waals surface area contributed by atoms with Gasteiger partial charge in [0.15, 0.2) is 5.78 Å².